The van der Waals surface area contributed by atoms with Crippen LogP contribution in [0.1, 0.15) is 26.2 Å². The molecular formula is C13H24N2O4. The number of carbonyl (C=O) groups excluding carboxylic acids is 1. The summed E-state index contributed by atoms with van der Waals surface area (Å²) in [6, 6.07) is 0.0227. The highest BCUT2D eigenvalue weighted by atomic mass is 16.4. The number of likely N-dealkylation sites (N-methyl/N-ethyl adjacent to an activating group) is 1. The first kappa shape index (κ1) is 15.9. The molecule has 6 nitrogen and oxygen atoms in total. The van der Waals surface area contributed by atoms with Gasteiger partial charge in [-0.25, -0.2) is 0 Å². The first-order valence-corrected chi connectivity index (χ1v) is 6.63. The summed E-state index contributed by atoms with van der Waals surface area (Å²) >= 11 is 0. The van der Waals surface area contributed by atoms with Crippen LogP contribution in [0.25, 0.3) is 0 Å². The smallest absolute Gasteiger partial charge is 0.303 e. The second-order valence-corrected chi connectivity index (χ2v) is 5.76. The van der Waals surface area contributed by atoms with E-state index < -0.39 is 12.1 Å². The minimum Gasteiger partial charge on any atom is -0.481 e. The maximum absolute atomic E-state index is 12.2. The quantitative estimate of drug-likeness (QED) is 0.712. The van der Waals surface area contributed by atoms with Gasteiger partial charge in [0.15, 0.2) is 0 Å². The number of rotatable bonds is 6. The fourth-order valence-corrected chi connectivity index (χ4v) is 2.58. The van der Waals surface area contributed by atoms with Gasteiger partial charge in [-0.3, -0.25) is 9.59 Å². The predicted octanol–water partition coefficient (Wildman–Crippen LogP) is 0.0107. The molecule has 1 rings (SSSR count). The molecule has 2 N–H and O–H groups in total. The normalized spacial score (nSPS) is 24.8. The fourth-order valence-electron chi connectivity index (χ4n) is 2.58. The molecule has 0 aromatic heterocycles. The van der Waals surface area contributed by atoms with E-state index in [-0.39, 0.29) is 30.7 Å². The summed E-state index contributed by atoms with van der Waals surface area (Å²) in [4.78, 5) is 26.5. The minimum absolute atomic E-state index is 0.000477. The number of hydrogen-bond donors (Lipinski definition) is 2. The molecular weight excluding hydrogens is 248 g/mol. The Hall–Kier alpha value is -1.14. The van der Waals surface area contributed by atoms with Gasteiger partial charge in [0.2, 0.25) is 5.91 Å². The van der Waals surface area contributed by atoms with Crippen LogP contribution in [0.3, 0.4) is 0 Å². The summed E-state index contributed by atoms with van der Waals surface area (Å²) in [6.45, 7) is 2.84. The number of nitrogens with zero attached hydrogens (tertiary/aromatic N) is 2. The molecule has 0 aliphatic carbocycles. The van der Waals surface area contributed by atoms with Crippen LogP contribution in [0.2, 0.25) is 0 Å². The molecule has 1 heterocycles. The zero-order valence-electron chi connectivity index (χ0n) is 11.9. The number of amides is 1. The zero-order chi connectivity index (χ0) is 14.6. The highest BCUT2D eigenvalue weighted by molar-refractivity contribution is 5.78. The van der Waals surface area contributed by atoms with Gasteiger partial charge in [-0.1, -0.05) is 6.92 Å². The summed E-state index contributed by atoms with van der Waals surface area (Å²) in [6.07, 6.45) is 0.351. The highest BCUT2D eigenvalue weighted by Gasteiger charge is 2.34. The molecule has 1 saturated heterocycles. The number of carboxylic acid groups (broad SMARTS) is 1. The minimum atomic E-state index is -0.883. The molecule has 19 heavy (non-hydrogen) atoms. The van der Waals surface area contributed by atoms with Gasteiger partial charge in [-0.15, -0.1) is 0 Å². The average molecular weight is 272 g/mol. The molecule has 0 aromatic carbocycles. The van der Waals surface area contributed by atoms with Crippen LogP contribution >= 0.6 is 0 Å². The molecule has 0 aromatic rings. The molecule has 0 bridgehead atoms. The van der Waals surface area contributed by atoms with Crippen LogP contribution < -0.4 is 0 Å². The Labute approximate surface area is 114 Å². The Bertz CT molecular complexity index is 333. The number of aliphatic hydroxyl groups excluding tert-OH is 1. The number of aliphatic carboxylic acids is 1. The van der Waals surface area contributed by atoms with Crippen molar-refractivity contribution in [3.63, 3.8) is 0 Å². The standard InChI is InChI=1S/C13H24N2O4/c1-9(5-13(18)19)4-12(17)15-8-11(16)6-10(15)7-14(2)3/h9-11,16H,4-8H2,1-3H3,(H,18,19). The van der Waals surface area contributed by atoms with Crippen LogP contribution in [0.5, 0.6) is 0 Å². The van der Waals surface area contributed by atoms with Crippen molar-refractivity contribution in [3.05, 3.63) is 0 Å². The van der Waals surface area contributed by atoms with E-state index in [1.807, 2.05) is 19.0 Å². The van der Waals surface area contributed by atoms with E-state index in [2.05, 4.69) is 0 Å². The van der Waals surface area contributed by atoms with Crippen molar-refractivity contribution in [2.24, 2.45) is 5.92 Å². The number of carboxylic acids is 1. The summed E-state index contributed by atoms with van der Waals surface area (Å²) in [5.41, 5.74) is 0. The van der Waals surface area contributed by atoms with E-state index in [4.69, 9.17) is 5.11 Å². The third-order valence-corrected chi connectivity index (χ3v) is 3.33. The largest absolute Gasteiger partial charge is 0.481 e. The SMILES string of the molecule is CC(CC(=O)O)CC(=O)N1CC(O)CC1CN(C)C. The van der Waals surface area contributed by atoms with E-state index in [1.165, 1.54) is 0 Å². The number of likely N-dealkylation sites (tertiary alicyclic amines) is 1. The summed E-state index contributed by atoms with van der Waals surface area (Å²) < 4.78 is 0. The Morgan fingerprint density at radius 3 is 2.53 bits per heavy atom. The Morgan fingerprint density at radius 2 is 2.00 bits per heavy atom. The molecule has 1 amide bonds. The van der Waals surface area contributed by atoms with E-state index in [0.29, 0.717) is 13.0 Å². The number of β-amino-alcohol motifs (C(OH)–C–C–N with tert-alkyl or cyclic N) is 1. The van der Waals surface area contributed by atoms with E-state index in [9.17, 15) is 14.7 Å². The van der Waals surface area contributed by atoms with Gasteiger partial charge in [0.25, 0.3) is 0 Å². The lowest BCUT2D eigenvalue weighted by molar-refractivity contribution is -0.138. The van der Waals surface area contributed by atoms with Crippen LogP contribution in [0.15, 0.2) is 0 Å². The molecule has 3 atom stereocenters. The number of hydrogen-bond acceptors (Lipinski definition) is 4. The second kappa shape index (κ2) is 6.86. The molecule has 6 heteroatoms. The van der Waals surface area contributed by atoms with Crippen LogP contribution in [0.4, 0.5) is 0 Å². The topological polar surface area (TPSA) is 81.1 Å². The second-order valence-electron chi connectivity index (χ2n) is 5.76. The summed E-state index contributed by atoms with van der Waals surface area (Å²) in [7, 11) is 3.86. The van der Waals surface area contributed by atoms with Gasteiger partial charge < -0.3 is 20.0 Å². The van der Waals surface area contributed by atoms with Crippen molar-refractivity contribution in [1.82, 2.24) is 9.80 Å². The molecule has 3 unspecified atom stereocenters. The number of carbonyl (C=O) groups is 2. The molecule has 1 aliphatic rings. The predicted molar refractivity (Wildman–Crippen MR) is 70.7 cm³/mol. The molecule has 1 fully saturated rings. The lowest BCUT2D eigenvalue weighted by Crippen LogP contribution is -2.42. The third kappa shape index (κ3) is 5.16. The molecule has 1 aliphatic heterocycles. The maximum atomic E-state index is 12.2. The van der Waals surface area contributed by atoms with Gasteiger partial charge >= 0.3 is 5.97 Å². The van der Waals surface area contributed by atoms with E-state index >= 15 is 0 Å². The summed E-state index contributed by atoms with van der Waals surface area (Å²) in [5, 5.41) is 18.4. The third-order valence-electron chi connectivity index (χ3n) is 3.33. The van der Waals surface area contributed by atoms with Gasteiger partial charge in [0, 0.05) is 32.0 Å². The van der Waals surface area contributed by atoms with Gasteiger partial charge in [-0.05, 0) is 26.4 Å². The van der Waals surface area contributed by atoms with Crippen molar-refractivity contribution in [2.75, 3.05) is 27.2 Å². The number of aliphatic hydroxyl groups is 1. The molecule has 0 radical (unpaired) electrons. The first-order chi connectivity index (χ1) is 8.79. The van der Waals surface area contributed by atoms with Crippen LogP contribution in [-0.2, 0) is 9.59 Å². The Balaban J connectivity index is 2.55. The Kier molecular flexibility index (Phi) is 5.75. The monoisotopic (exact) mass is 272 g/mol. The van der Waals surface area contributed by atoms with Crippen molar-refractivity contribution in [1.29, 1.82) is 0 Å². The Morgan fingerprint density at radius 1 is 1.37 bits per heavy atom. The molecule has 110 valence electrons. The fraction of sp³-hybridized carbons (Fsp3) is 0.846. The van der Waals surface area contributed by atoms with Crippen molar-refractivity contribution in [2.45, 2.75) is 38.3 Å². The van der Waals surface area contributed by atoms with Crippen molar-refractivity contribution < 1.29 is 19.8 Å². The van der Waals surface area contributed by atoms with Crippen LogP contribution in [-0.4, -0.2) is 71.2 Å². The maximum Gasteiger partial charge on any atom is 0.303 e. The lowest BCUT2D eigenvalue weighted by atomic mass is 10.0. The molecule has 0 saturated carbocycles. The van der Waals surface area contributed by atoms with E-state index in [1.54, 1.807) is 11.8 Å². The van der Waals surface area contributed by atoms with Gasteiger partial charge in [0.1, 0.15) is 0 Å². The van der Waals surface area contributed by atoms with Crippen molar-refractivity contribution in [3.8, 4) is 0 Å². The summed E-state index contributed by atoms with van der Waals surface area (Å²) in [5.74, 6) is -1.12. The lowest BCUT2D eigenvalue weighted by Gasteiger charge is -2.27. The van der Waals surface area contributed by atoms with Gasteiger partial charge in [0.05, 0.1) is 6.10 Å². The van der Waals surface area contributed by atoms with Gasteiger partial charge in [-0.2, -0.15) is 0 Å². The van der Waals surface area contributed by atoms with Crippen LogP contribution in [0, 0.1) is 5.92 Å². The average Bonchev–Trinajstić information content (AvgIpc) is 2.56. The highest BCUT2D eigenvalue weighted by Crippen LogP contribution is 2.21. The van der Waals surface area contributed by atoms with E-state index in [0.717, 1.165) is 6.54 Å². The zero-order valence-corrected chi connectivity index (χ0v) is 11.9. The first-order valence-electron chi connectivity index (χ1n) is 6.63. The molecule has 0 spiro atoms. The van der Waals surface area contributed by atoms with Crippen molar-refractivity contribution >= 4 is 11.9 Å².